The van der Waals surface area contributed by atoms with E-state index in [1.165, 1.54) is 4.90 Å². The van der Waals surface area contributed by atoms with E-state index < -0.39 is 47.1 Å². The van der Waals surface area contributed by atoms with E-state index in [1.807, 2.05) is 0 Å². The number of rotatable bonds is 8. The van der Waals surface area contributed by atoms with Gasteiger partial charge in [-0.3, -0.25) is 24.5 Å². The van der Waals surface area contributed by atoms with E-state index in [-0.39, 0.29) is 55.8 Å². The number of imide groups is 1. The molecular formula is C29H32F2N4O7. The Morgan fingerprint density at radius 2 is 1.83 bits per heavy atom. The highest BCUT2D eigenvalue weighted by atomic mass is 19.2. The standard InChI is InChI=1S/C29H32F2N4O7/c1-15(27(39)42-29(2,3)4)14-41-23-11-20(31)19(30)10-21(23)33-28(40)32-12-16-5-6-18-17(9-16)13-35(26(18)38)22-7-8-24(36)34-25(22)37/h5-6,9-11,15,22H,7-8,12-14H2,1-4H3,(H2,32,33,40)(H,34,36,37). The number of nitrogens with one attached hydrogen (secondary N) is 3. The summed E-state index contributed by atoms with van der Waals surface area (Å²) >= 11 is 0. The van der Waals surface area contributed by atoms with Gasteiger partial charge >= 0.3 is 12.0 Å². The molecule has 2 aromatic rings. The summed E-state index contributed by atoms with van der Waals surface area (Å²) in [5, 5.41) is 7.29. The second kappa shape index (κ2) is 12.1. The van der Waals surface area contributed by atoms with Crippen molar-refractivity contribution in [2.45, 2.75) is 65.3 Å². The minimum atomic E-state index is -1.21. The first kappa shape index (κ1) is 30.4. The predicted molar refractivity (Wildman–Crippen MR) is 145 cm³/mol. The normalized spacial score (nSPS) is 17.3. The third-order valence-electron chi connectivity index (χ3n) is 6.61. The Bertz CT molecular complexity index is 1440. The number of nitrogens with zero attached hydrogens (tertiary/aromatic N) is 1. The van der Waals surface area contributed by atoms with Crippen LogP contribution < -0.4 is 20.7 Å². The van der Waals surface area contributed by atoms with E-state index in [1.54, 1.807) is 45.9 Å². The predicted octanol–water partition coefficient (Wildman–Crippen LogP) is 3.40. The number of carbonyl (C=O) groups is 5. The topological polar surface area (TPSA) is 143 Å². The first-order valence-electron chi connectivity index (χ1n) is 13.4. The van der Waals surface area contributed by atoms with Crippen LogP contribution >= 0.6 is 0 Å². The van der Waals surface area contributed by atoms with Gasteiger partial charge in [0.15, 0.2) is 11.6 Å². The first-order chi connectivity index (χ1) is 19.7. The van der Waals surface area contributed by atoms with Crippen LogP contribution in [0.4, 0.5) is 19.3 Å². The van der Waals surface area contributed by atoms with Crippen molar-refractivity contribution in [3.05, 3.63) is 58.7 Å². The number of urea groups is 1. The summed E-state index contributed by atoms with van der Waals surface area (Å²) in [6.07, 6.45) is 0.392. The van der Waals surface area contributed by atoms with Crippen LogP contribution in [-0.4, -0.2) is 52.9 Å². The molecule has 2 atom stereocenters. The number of hydrogen-bond donors (Lipinski definition) is 3. The van der Waals surface area contributed by atoms with Crippen LogP contribution in [0.5, 0.6) is 5.75 Å². The zero-order chi connectivity index (χ0) is 30.8. The Hall–Kier alpha value is -4.55. The summed E-state index contributed by atoms with van der Waals surface area (Å²) in [6, 6.07) is 5.04. The van der Waals surface area contributed by atoms with Gasteiger partial charge in [0, 0.05) is 37.2 Å². The van der Waals surface area contributed by atoms with Crippen molar-refractivity contribution in [1.82, 2.24) is 15.5 Å². The lowest BCUT2D eigenvalue weighted by Crippen LogP contribution is -2.52. The van der Waals surface area contributed by atoms with E-state index in [4.69, 9.17) is 9.47 Å². The number of hydrogen-bond acceptors (Lipinski definition) is 7. The lowest BCUT2D eigenvalue weighted by Gasteiger charge is -2.29. The van der Waals surface area contributed by atoms with Crippen molar-refractivity contribution in [2.75, 3.05) is 11.9 Å². The van der Waals surface area contributed by atoms with Crippen molar-refractivity contribution in [1.29, 1.82) is 0 Å². The zero-order valence-corrected chi connectivity index (χ0v) is 23.6. The average Bonchev–Trinajstić information content (AvgIpc) is 3.22. The summed E-state index contributed by atoms with van der Waals surface area (Å²) in [5.74, 6) is -5.03. The third kappa shape index (κ3) is 7.20. The van der Waals surface area contributed by atoms with Gasteiger partial charge in [0.25, 0.3) is 5.91 Å². The summed E-state index contributed by atoms with van der Waals surface area (Å²) in [7, 11) is 0. The summed E-state index contributed by atoms with van der Waals surface area (Å²) in [5.41, 5.74) is 0.883. The summed E-state index contributed by atoms with van der Waals surface area (Å²) < 4.78 is 38.8. The molecule has 42 heavy (non-hydrogen) atoms. The molecule has 2 unspecified atom stereocenters. The number of ether oxygens (including phenoxy) is 2. The molecule has 2 aliphatic heterocycles. The Labute approximate surface area is 240 Å². The van der Waals surface area contributed by atoms with Crippen molar-refractivity contribution < 1.29 is 42.2 Å². The first-order valence-corrected chi connectivity index (χ1v) is 13.4. The fourth-order valence-electron chi connectivity index (χ4n) is 4.52. The molecule has 0 saturated carbocycles. The minimum absolute atomic E-state index is 0.0290. The molecule has 4 rings (SSSR count). The quantitative estimate of drug-likeness (QED) is 0.318. The number of benzene rings is 2. The molecular weight excluding hydrogens is 554 g/mol. The molecule has 2 aliphatic rings. The van der Waals surface area contributed by atoms with Crippen LogP contribution in [-0.2, 0) is 32.2 Å². The van der Waals surface area contributed by atoms with Crippen LogP contribution in [0.25, 0.3) is 0 Å². The van der Waals surface area contributed by atoms with E-state index in [0.717, 1.165) is 12.1 Å². The molecule has 13 heteroatoms. The number of anilines is 1. The van der Waals surface area contributed by atoms with Crippen molar-refractivity contribution >= 4 is 35.4 Å². The summed E-state index contributed by atoms with van der Waals surface area (Å²) in [4.78, 5) is 62.9. The van der Waals surface area contributed by atoms with Gasteiger partial charge in [-0.05, 0) is 51.3 Å². The molecule has 224 valence electrons. The largest absolute Gasteiger partial charge is 0.490 e. The molecule has 3 N–H and O–H groups in total. The second-order valence-corrected chi connectivity index (χ2v) is 11.2. The Morgan fingerprint density at radius 1 is 1.12 bits per heavy atom. The maximum absolute atomic E-state index is 14.0. The van der Waals surface area contributed by atoms with E-state index in [2.05, 4.69) is 16.0 Å². The van der Waals surface area contributed by atoms with Crippen molar-refractivity contribution in [3.8, 4) is 5.75 Å². The van der Waals surface area contributed by atoms with Gasteiger partial charge in [0.2, 0.25) is 11.8 Å². The molecule has 2 heterocycles. The Morgan fingerprint density at radius 3 is 2.52 bits per heavy atom. The van der Waals surface area contributed by atoms with Crippen LogP contribution in [0, 0.1) is 17.6 Å². The maximum atomic E-state index is 14.0. The number of carbonyl (C=O) groups excluding carboxylic acids is 5. The number of amides is 5. The Balaban J connectivity index is 1.36. The SMILES string of the molecule is CC(COc1cc(F)c(F)cc1NC(=O)NCc1ccc2c(c1)CN(C1CCC(=O)NC1=O)C2=O)C(=O)OC(C)(C)C. The highest BCUT2D eigenvalue weighted by Gasteiger charge is 2.39. The lowest BCUT2D eigenvalue weighted by atomic mass is 10.0. The molecule has 1 saturated heterocycles. The average molecular weight is 587 g/mol. The van der Waals surface area contributed by atoms with Gasteiger partial charge < -0.3 is 25.0 Å². The van der Waals surface area contributed by atoms with Crippen molar-refractivity contribution in [2.24, 2.45) is 5.92 Å². The smallest absolute Gasteiger partial charge is 0.319 e. The molecule has 0 bridgehead atoms. The lowest BCUT2D eigenvalue weighted by molar-refractivity contribution is -0.160. The highest BCUT2D eigenvalue weighted by Crippen LogP contribution is 2.30. The van der Waals surface area contributed by atoms with Gasteiger partial charge in [-0.25, -0.2) is 13.6 Å². The van der Waals surface area contributed by atoms with Gasteiger partial charge in [0.05, 0.1) is 11.6 Å². The molecule has 0 radical (unpaired) electrons. The molecule has 0 aliphatic carbocycles. The Kier molecular flexibility index (Phi) is 8.78. The number of fused-ring (bicyclic) bond motifs is 1. The molecule has 11 nitrogen and oxygen atoms in total. The van der Waals surface area contributed by atoms with Crippen LogP contribution in [0.15, 0.2) is 30.3 Å². The fourth-order valence-corrected chi connectivity index (χ4v) is 4.52. The fraction of sp³-hybridized carbons (Fsp3) is 0.414. The highest BCUT2D eigenvalue weighted by molar-refractivity contribution is 6.05. The molecule has 5 amide bonds. The zero-order valence-electron chi connectivity index (χ0n) is 23.6. The van der Waals surface area contributed by atoms with E-state index >= 15 is 0 Å². The van der Waals surface area contributed by atoms with Gasteiger partial charge in [-0.2, -0.15) is 0 Å². The van der Waals surface area contributed by atoms with Gasteiger partial charge in [0.1, 0.15) is 24.0 Å². The number of halogens is 2. The number of esters is 1. The third-order valence-corrected chi connectivity index (χ3v) is 6.61. The molecule has 0 aromatic heterocycles. The molecule has 2 aromatic carbocycles. The maximum Gasteiger partial charge on any atom is 0.319 e. The number of piperidine rings is 1. The molecule has 1 fully saturated rings. The van der Waals surface area contributed by atoms with Gasteiger partial charge in [-0.1, -0.05) is 12.1 Å². The monoisotopic (exact) mass is 586 g/mol. The van der Waals surface area contributed by atoms with Crippen LogP contribution in [0.1, 0.15) is 62.0 Å². The van der Waals surface area contributed by atoms with Crippen LogP contribution in [0.3, 0.4) is 0 Å². The van der Waals surface area contributed by atoms with E-state index in [9.17, 15) is 32.8 Å². The van der Waals surface area contributed by atoms with Crippen molar-refractivity contribution in [3.63, 3.8) is 0 Å². The van der Waals surface area contributed by atoms with E-state index in [0.29, 0.717) is 16.7 Å². The second-order valence-electron chi connectivity index (χ2n) is 11.2. The summed E-state index contributed by atoms with van der Waals surface area (Å²) in [6.45, 7) is 6.70. The minimum Gasteiger partial charge on any atom is -0.490 e. The van der Waals surface area contributed by atoms with Gasteiger partial charge in [-0.15, -0.1) is 0 Å². The van der Waals surface area contributed by atoms with Crippen LogP contribution in [0.2, 0.25) is 0 Å². The molecule has 0 spiro atoms.